The minimum Gasteiger partial charge on any atom is -0.381 e. The molecule has 1 aliphatic heterocycles. The van der Waals surface area contributed by atoms with Crippen LogP contribution in [0.5, 0.6) is 0 Å². The summed E-state index contributed by atoms with van der Waals surface area (Å²) in [5, 5.41) is 0. The zero-order valence-electron chi connectivity index (χ0n) is 9.72. The van der Waals surface area contributed by atoms with Crippen LogP contribution in [0.4, 0.5) is 23.2 Å². The molecule has 100 valence electrons. The number of nitrogens with zero attached hydrogens (tertiary/aromatic N) is 2. The molecule has 2 heterocycles. The van der Waals surface area contributed by atoms with Crippen molar-refractivity contribution in [3.63, 3.8) is 0 Å². The monoisotopic (exact) mass is 264 g/mol. The molecule has 1 aromatic rings. The molecule has 0 unspecified atom stereocenters. The number of halogens is 4. The molecular weight excluding hydrogens is 252 g/mol. The van der Waals surface area contributed by atoms with E-state index in [9.17, 15) is 17.6 Å². The van der Waals surface area contributed by atoms with Crippen molar-refractivity contribution in [1.82, 2.24) is 4.98 Å². The highest BCUT2D eigenvalue weighted by atomic mass is 19.2. The van der Waals surface area contributed by atoms with Gasteiger partial charge in [0.1, 0.15) is 5.69 Å². The van der Waals surface area contributed by atoms with Gasteiger partial charge in [0, 0.05) is 20.2 Å². The second kappa shape index (κ2) is 5.09. The van der Waals surface area contributed by atoms with Crippen molar-refractivity contribution in [3.05, 3.63) is 23.5 Å². The minimum atomic E-state index is -1.63. The summed E-state index contributed by atoms with van der Waals surface area (Å²) in [4.78, 5) is 3.80. The molecule has 0 N–H and O–H groups in total. The predicted octanol–water partition coefficient (Wildman–Crippen LogP) is 2.25. The fourth-order valence-electron chi connectivity index (χ4n) is 2.07. The highest BCUT2D eigenvalue weighted by Gasteiger charge is 2.28. The van der Waals surface area contributed by atoms with Gasteiger partial charge in [-0.05, 0) is 12.8 Å². The van der Waals surface area contributed by atoms with E-state index in [1.54, 1.807) is 7.11 Å². The number of aromatic nitrogens is 1. The van der Waals surface area contributed by atoms with E-state index in [-0.39, 0.29) is 19.2 Å². The molecule has 1 saturated heterocycles. The lowest BCUT2D eigenvalue weighted by molar-refractivity contribution is 0.0816. The zero-order valence-corrected chi connectivity index (χ0v) is 9.72. The Bertz CT molecular complexity index is 421. The first-order valence-electron chi connectivity index (χ1n) is 5.52. The Morgan fingerprint density at radius 3 is 2.00 bits per heavy atom. The summed E-state index contributed by atoms with van der Waals surface area (Å²) in [6.45, 7) is 0.546. The van der Waals surface area contributed by atoms with Crippen molar-refractivity contribution < 1.29 is 22.3 Å². The lowest BCUT2D eigenvalue weighted by Gasteiger charge is -2.33. The van der Waals surface area contributed by atoms with Gasteiger partial charge < -0.3 is 9.64 Å². The summed E-state index contributed by atoms with van der Waals surface area (Å²) in [7, 11) is 1.55. The molecule has 3 nitrogen and oxygen atoms in total. The van der Waals surface area contributed by atoms with E-state index >= 15 is 0 Å². The number of piperidine rings is 1. The number of ether oxygens (including phenoxy) is 1. The molecule has 1 aromatic heterocycles. The number of pyridine rings is 1. The average molecular weight is 264 g/mol. The van der Waals surface area contributed by atoms with Crippen molar-refractivity contribution in [2.45, 2.75) is 18.9 Å². The molecule has 2 rings (SSSR count). The maximum atomic E-state index is 13.5. The Hall–Kier alpha value is -1.37. The number of hydrogen-bond acceptors (Lipinski definition) is 3. The summed E-state index contributed by atoms with van der Waals surface area (Å²) in [6, 6.07) is 0. The van der Waals surface area contributed by atoms with Gasteiger partial charge >= 0.3 is 0 Å². The van der Waals surface area contributed by atoms with Gasteiger partial charge in [0.15, 0.2) is 0 Å². The van der Waals surface area contributed by atoms with Crippen molar-refractivity contribution in [3.8, 4) is 0 Å². The molecule has 0 atom stereocenters. The van der Waals surface area contributed by atoms with Gasteiger partial charge in [0.2, 0.25) is 11.6 Å². The molecule has 7 heteroatoms. The zero-order chi connectivity index (χ0) is 13.3. The molecule has 0 amide bonds. The van der Waals surface area contributed by atoms with E-state index in [0.717, 1.165) is 0 Å². The van der Waals surface area contributed by atoms with E-state index in [1.165, 1.54) is 4.90 Å². The minimum absolute atomic E-state index is 0.00361. The van der Waals surface area contributed by atoms with Crippen LogP contribution in [0, 0.1) is 23.5 Å². The topological polar surface area (TPSA) is 25.4 Å². The third-order valence-electron chi connectivity index (χ3n) is 3.07. The molecule has 0 aliphatic carbocycles. The molecular formula is C11H12F4N2O. The third kappa shape index (κ3) is 2.27. The molecule has 18 heavy (non-hydrogen) atoms. The summed E-state index contributed by atoms with van der Waals surface area (Å²) >= 11 is 0. The Morgan fingerprint density at radius 2 is 1.56 bits per heavy atom. The van der Waals surface area contributed by atoms with Crippen molar-refractivity contribution in [2.24, 2.45) is 0 Å². The Balaban J connectivity index is 2.29. The van der Waals surface area contributed by atoms with Gasteiger partial charge in [-0.3, -0.25) is 0 Å². The number of methoxy groups -OCH3 is 1. The fourth-order valence-corrected chi connectivity index (χ4v) is 2.07. The summed E-state index contributed by atoms with van der Waals surface area (Å²) in [6.07, 6.45) is 1.09. The molecule has 0 spiro atoms. The van der Waals surface area contributed by atoms with E-state index in [4.69, 9.17) is 4.74 Å². The summed E-state index contributed by atoms with van der Waals surface area (Å²) < 4.78 is 58.0. The quantitative estimate of drug-likeness (QED) is 0.605. The molecule has 1 fully saturated rings. The lowest BCUT2D eigenvalue weighted by Crippen LogP contribution is -2.38. The van der Waals surface area contributed by atoms with Crippen LogP contribution in [-0.2, 0) is 4.74 Å². The fraction of sp³-hybridized carbons (Fsp3) is 0.545. The third-order valence-corrected chi connectivity index (χ3v) is 3.07. The number of hydrogen-bond donors (Lipinski definition) is 0. The smallest absolute Gasteiger partial charge is 0.253 e. The van der Waals surface area contributed by atoms with Gasteiger partial charge in [0.25, 0.3) is 11.9 Å². The predicted molar refractivity (Wildman–Crippen MR) is 56.3 cm³/mol. The van der Waals surface area contributed by atoms with Gasteiger partial charge in [-0.2, -0.15) is 22.5 Å². The van der Waals surface area contributed by atoms with Crippen LogP contribution in [0.25, 0.3) is 0 Å². The van der Waals surface area contributed by atoms with Crippen LogP contribution in [0.1, 0.15) is 12.8 Å². The number of rotatable bonds is 2. The van der Waals surface area contributed by atoms with Crippen molar-refractivity contribution in [2.75, 3.05) is 25.1 Å². The van der Waals surface area contributed by atoms with Gasteiger partial charge in [-0.25, -0.2) is 0 Å². The second-order valence-electron chi connectivity index (χ2n) is 4.09. The lowest BCUT2D eigenvalue weighted by atomic mass is 10.1. The Kier molecular flexibility index (Phi) is 3.70. The molecule has 1 aliphatic rings. The maximum absolute atomic E-state index is 13.5. The molecule has 0 aromatic carbocycles. The van der Waals surface area contributed by atoms with E-state index in [1.807, 2.05) is 0 Å². The van der Waals surface area contributed by atoms with Crippen molar-refractivity contribution in [1.29, 1.82) is 0 Å². The average Bonchev–Trinajstić information content (AvgIpc) is 2.37. The number of anilines is 1. The van der Waals surface area contributed by atoms with Crippen LogP contribution >= 0.6 is 0 Å². The highest BCUT2D eigenvalue weighted by Crippen LogP contribution is 2.28. The highest BCUT2D eigenvalue weighted by molar-refractivity contribution is 5.48. The summed E-state index contributed by atoms with van der Waals surface area (Å²) in [5.74, 6) is -6.16. The van der Waals surface area contributed by atoms with Gasteiger partial charge in [-0.1, -0.05) is 0 Å². The largest absolute Gasteiger partial charge is 0.381 e. The van der Waals surface area contributed by atoms with Crippen LogP contribution in [0.2, 0.25) is 0 Å². The molecule has 0 saturated carbocycles. The standard InChI is InChI=1S/C11H12F4N2O/c1-18-6-2-4-17(5-3-6)9-7(12)10(14)16-11(15)8(9)13/h6H,2-5H2,1H3. The van der Waals surface area contributed by atoms with Crippen LogP contribution in [0.15, 0.2) is 0 Å². The van der Waals surface area contributed by atoms with Gasteiger partial charge in [0.05, 0.1) is 6.10 Å². The Morgan fingerprint density at radius 1 is 1.06 bits per heavy atom. The maximum Gasteiger partial charge on any atom is 0.253 e. The SMILES string of the molecule is COC1CCN(c2c(F)c(F)nc(F)c2F)CC1. The second-order valence-corrected chi connectivity index (χ2v) is 4.09. The van der Waals surface area contributed by atoms with E-state index in [2.05, 4.69) is 4.98 Å². The molecule has 0 bridgehead atoms. The van der Waals surface area contributed by atoms with Crippen LogP contribution in [-0.4, -0.2) is 31.3 Å². The Labute approximate surface area is 101 Å². The van der Waals surface area contributed by atoms with Crippen LogP contribution < -0.4 is 4.90 Å². The molecule has 0 radical (unpaired) electrons. The van der Waals surface area contributed by atoms with Crippen LogP contribution in [0.3, 0.4) is 0 Å². The van der Waals surface area contributed by atoms with E-state index < -0.39 is 29.2 Å². The first-order chi connectivity index (χ1) is 8.54. The van der Waals surface area contributed by atoms with E-state index in [0.29, 0.717) is 12.8 Å². The first-order valence-corrected chi connectivity index (χ1v) is 5.52. The summed E-state index contributed by atoms with van der Waals surface area (Å²) in [5.41, 5.74) is -0.686. The normalized spacial score (nSPS) is 17.3. The van der Waals surface area contributed by atoms with Crippen molar-refractivity contribution >= 4 is 5.69 Å². The van der Waals surface area contributed by atoms with Gasteiger partial charge in [-0.15, -0.1) is 0 Å². The first kappa shape index (κ1) is 13.1.